The predicted octanol–water partition coefficient (Wildman–Crippen LogP) is 3.02. The normalized spacial score (nSPS) is 16.5. The number of benzene rings is 1. The second-order valence-electron chi connectivity index (χ2n) is 3.95. The van der Waals surface area contributed by atoms with E-state index in [1.54, 1.807) is 6.92 Å². The lowest BCUT2D eigenvalue weighted by atomic mass is 10.1. The summed E-state index contributed by atoms with van der Waals surface area (Å²) < 4.78 is 10.8. The maximum absolute atomic E-state index is 10.7. The highest BCUT2D eigenvalue weighted by Gasteiger charge is 2.17. The molecule has 1 aliphatic heterocycles. The number of hydrogen-bond acceptors (Lipinski definition) is 4. The maximum atomic E-state index is 10.7. The molecule has 3 nitrogen and oxygen atoms in total. The number of rotatable bonds is 4. The van der Waals surface area contributed by atoms with E-state index in [4.69, 9.17) is 9.47 Å². The first kappa shape index (κ1) is 13.3. The zero-order valence-corrected chi connectivity index (χ0v) is 11.1. The summed E-state index contributed by atoms with van der Waals surface area (Å²) in [7, 11) is 0. The predicted molar refractivity (Wildman–Crippen MR) is 73.3 cm³/mol. The molecule has 2 rings (SSSR count). The second kappa shape index (κ2) is 6.73. The Labute approximate surface area is 111 Å². The molecule has 1 aliphatic rings. The quantitative estimate of drug-likeness (QED) is 0.837. The standard InChI is InChI=1S/C14H16O3S/c1-11(15)18-10-2-3-12-4-6-13(7-5-12)14-16-8-9-17-14/h2-7,14H,8-10H2,1H3. The molecule has 18 heavy (non-hydrogen) atoms. The molecule has 0 bridgehead atoms. The fourth-order valence-electron chi connectivity index (χ4n) is 1.66. The number of ether oxygens (including phenoxy) is 2. The van der Waals surface area contributed by atoms with E-state index in [-0.39, 0.29) is 11.4 Å². The smallest absolute Gasteiger partial charge is 0.186 e. The van der Waals surface area contributed by atoms with Crippen molar-refractivity contribution < 1.29 is 14.3 Å². The van der Waals surface area contributed by atoms with Crippen molar-refractivity contribution in [1.82, 2.24) is 0 Å². The van der Waals surface area contributed by atoms with Gasteiger partial charge in [0.1, 0.15) is 0 Å². The van der Waals surface area contributed by atoms with Gasteiger partial charge in [-0.2, -0.15) is 0 Å². The van der Waals surface area contributed by atoms with Crippen molar-refractivity contribution in [2.75, 3.05) is 19.0 Å². The number of thioether (sulfide) groups is 1. The van der Waals surface area contributed by atoms with Crippen molar-refractivity contribution >= 4 is 23.0 Å². The third kappa shape index (κ3) is 3.98. The van der Waals surface area contributed by atoms with Gasteiger partial charge in [-0.25, -0.2) is 0 Å². The molecule has 1 fully saturated rings. The Bertz CT molecular complexity index is 419. The van der Waals surface area contributed by atoms with E-state index < -0.39 is 0 Å². The van der Waals surface area contributed by atoms with Gasteiger partial charge in [-0.15, -0.1) is 0 Å². The Kier molecular flexibility index (Phi) is 4.99. The zero-order valence-electron chi connectivity index (χ0n) is 10.3. The summed E-state index contributed by atoms with van der Waals surface area (Å²) in [6.07, 6.45) is 3.79. The van der Waals surface area contributed by atoms with E-state index in [9.17, 15) is 4.79 Å². The van der Waals surface area contributed by atoms with E-state index in [1.807, 2.05) is 36.4 Å². The van der Waals surface area contributed by atoms with Crippen LogP contribution in [0.5, 0.6) is 0 Å². The van der Waals surface area contributed by atoms with Crippen LogP contribution in [0, 0.1) is 0 Å². The van der Waals surface area contributed by atoms with Crippen LogP contribution in [0.1, 0.15) is 24.3 Å². The molecule has 0 unspecified atom stereocenters. The van der Waals surface area contributed by atoms with Crippen molar-refractivity contribution in [3.8, 4) is 0 Å². The average molecular weight is 264 g/mol. The van der Waals surface area contributed by atoms with Crippen LogP contribution in [0.4, 0.5) is 0 Å². The molecule has 1 saturated heterocycles. The third-order valence-electron chi connectivity index (χ3n) is 2.52. The van der Waals surface area contributed by atoms with Gasteiger partial charge in [0.05, 0.1) is 13.2 Å². The van der Waals surface area contributed by atoms with Crippen LogP contribution in [0.2, 0.25) is 0 Å². The van der Waals surface area contributed by atoms with Crippen LogP contribution in [0.3, 0.4) is 0 Å². The molecule has 96 valence electrons. The molecule has 0 aliphatic carbocycles. The van der Waals surface area contributed by atoms with Crippen molar-refractivity contribution in [1.29, 1.82) is 0 Å². The SMILES string of the molecule is CC(=O)SCC=Cc1ccc(C2OCCO2)cc1. The van der Waals surface area contributed by atoms with Gasteiger partial charge in [-0.1, -0.05) is 48.2 Å². The highest BCUT2D eigenvalue weighted by molar-refractivity contribution is 8.13. The molecule has 0 saturated carbocycles. The molecule has 0 amide bonds. The van der Waals surface area contributed by atoms with Crippen LogP contribution >= 0.6 is 11.8 Å². The summed E-state index contributed by atoms with van der Waals surface area (Å²) in [6, 6.07) is 8.06. The van der Waals surface area contributed by atoms with Crippen LogP contribution in [0.25, 0.3) is 6.08 Å². The number of carbonyl (C=O) groups is 1. The Morgan fingerprint density at radius 3 is 2.61 bits per heavy atom. The Morgan fingerprint density at radius 1 is 1.33 bits per heavy atom. The molecular formula is C14H16O3S. The molecule has 4 heteroatoms. The lowest BCUT2D eigenvalue weighted by Gasteiger charge is -2.08. The zero-order chi connectivity index (χ0) is 12.8. The molecule has 0 atom stereocenters. The van der Waals surface area contributed by atoms with Crippen molar-refractivity contribution in [3.05, 3.63) is 41.5 Å². The van der Waals surface area contributed by atoms with Gasteiger partial charge in [-0.3, -0.25) is 4.79 Å². The van der Waals surface area contributed by atoms with Gasteiger partial charge in [-0.05, 0) is 5.56 Å². The molecule has 0 spiro atoms. The summed E-state index contributed by atoms with van der Waals surface area (Å²) >= 11 is 1.31. The first-order chi connectivity index (χ1) is 8.75. The minimum absolute atomic E-state index is 0.144. The average Bonchev–Trinajstić information content (AvgIpc) is 2.89. The topological polar surface area (TPSA) is 35.5 Å². The lowest BCUT2D eigenvalue weighted by Crippen LogP contribution is -1.97. The minimum atomic E-state index is -0.212. The molecule has 1 heterocycles. The van der Waals surface area contributed by atoms with E-state index in [0.717, 1.165) is 11.1 Å². The van der Waals surface area contributed by atoms with Crippen LogP contribution in [-0.4, -0.2) is 24.1 Å². The Hall–Kier alpha value is -1.10. The summed E-state index contributed by atoms with van der Waals surface area (Å²) in [4.78, 5) is 10.7. The van der Waals surface area contributed by atoms with Gasteiger partial charge >= 0.3 is 0 Å². The van der Waals surface area contributed by atoms with Gasteiger partial charge in [0.2, 0.25) is 0 Å². The largest absolute Gasteiger partial charge is 0.346 e. The highest BCUT2D eigenvalue weighted by Crippen LogP contribution is 2.23. The summed E-state index contributed by atoms with van der Waals surface area (Å²) in [6.45, 7) is 2.90. The first-order valence-electron chi connectivity index (χ1n) is 5.89. The van der Waals surface area contributed by atoms with Gasteiger partial charge in [0, 0.05) is 18.2 Å². The summed E-state index contributed by atoms with van der Waals surface area (Å²) in [5.41, 5.74) is 2.16. The van der Waals surface area contributed by atoms with Crippen LogP contribution in [0.15, 0.2) is 30.3 Å². The highest BCUT2D eigenvalue weighted by atomic mass is 32.2. The van der Waals surface area contributed by atoms with Crippen LogP contribution < -0.4 is 0 Å². The first-order valence-corrected chi connectivity index (χ1v) is 6.87. The second-order valence-corrected chi connectivity index (χ2v) is 5.14. The number of carbonyl (C=O) groups excluding carboxylic acids is 1. The van der Waals surface area contributed by atoms with Crippen molar-refractivity contribution in [2.45, 2.75) is 13.2 Å². The third-order valence-corrected chi connectivity index (χ3v) is 3.29. The van der Waals surface area contributed by atoms with Crippen molar-refractivity contribution in [2.24, 2.45) is 0 Å². The lowest BCUT2D eigenvalue weighted by molar-refractivity contribution is -0.109. The van der Waals surface area contributed by atoms with E-state index in [1.165, 1.54) is 11.8 Å². The maximum Gasteiger partial charge on any atom is 0.186 e. The molecule has 1 aromatic rings. The van der Waals surface area contributed by atoms with Gasteiger partial charge < -0.3 is 9.47 Å². The van der Waals surface area contributed by atoms with Crippen LogP contribution in [-0.2, 0) is 14.3 Å². The molecular weight excluding hydrogens is 248 g/mol. The van der Waals surface area contributed by atoms with Gasteiger partial charge in [0.25, 0.3) is 0 Å². The minimum Gasteiger partial charge on any atom is -0.346 e. The Morgan fingerprint density at radius 2 is 2.00 bits per heavy atom. The fourth-order valence-corrected chi connectivity index (χ4v) is 2.09. The number of hydrogen-bond donors (Lipinski definition) is 0. The Balaban J connectivity index is 1.88. The summed E-state index contributed by atoms with van der Waals surface area (Å²) in [5.74, 6) is 0.714. The van der Waals surface area contributed by atoms with Gasteiger partial charge in [0.15, 0.2) is 11.4 Å². The monoisotopic (exact) mass is 264 g/mol. The van der Waals surface area contributed by atoms with E-state index >= 15 is 0 Å². The van der Waals surface area contributed by atoms with E-state index in [0.29, 0.717) is 19.0 Å². The fraction of sp³-hybridized carbons (Fsp3) is 0.357. The van der Waals surface area contributed by atoms with Crippen molar-refractivity contribution in [3.63, 3.8) is 0 Å². The molecule has 0 radical (unpaired) electrons. The van der Waals surface area contributed by atoms with E-state index in [2.05, 4.69) is 0 Å². The molecule has 1 aromatic carbocycles. The molecule has 0 N–H and O–H groups in total. The molecule has 0 aromatic heterocycles. The summed E-state index contributed by atoms with van der Waals surface area (Å²) in [5, 5.41) is 0.144.